The minimum atomic E-state index is -0.838. The van der Waals surface area contributed by atoms with Crippen molar-refractivity contribution in [3.8, 4) is 11.6 Å². The minimum Gasteiger partial charge on any atom is -0.435 e. The Balaban J connectivity index is 1.44. The summed E-state index contributed by atoms with van der Waals surface area (Å²) in [5.41, 5.74) is 3.11. The van der Waals surface area contributed by atoms with Gasteiger partial charge in [0, 0.05) is 37.8 Å². The summed E-state index contributed by atoms with van der Waals surface area (Å²) in [5.74, 6) is -1.08. The normalized spacial score (nSPS) is 15.5. The number of benzene rings is 2. The predicted molar refractivity (Wildman–Crippen MR) is 126 cm³/mol. The van der Waals surface area contributed by atoms with Gasteiger partial charge < -0.3 is 24.6 Å². The van der Waals surface area contributed by atoms with E-state index < -0.39 is 11.6 Å². The number of amides is 2. The second-order valence-electron chi connectivity index (χ2n) is 8.50. The molecule has 1 N–H and O–H groups in total. The number of hydrogen-bond donors (Lipinski definition) is 1. The lowest BCUT2D eigenvalue weighted by Crippen LogP contribution is -2.41. The number of anilines is 2. The van der Waals surface area contributed by atoms with Gasteiger partial charge in [0.05, 0.1) is 31.0 Å². The summed E-state index contributed by atoms with van der Waals surface area (Å²) in [6, 6.07) is 10.4. The molecule has 5 rings (SSSR count). The minimum absolute atomic E-state index is 0.148. The first kappa shape index (κ1) is 23.0. The standard InChI is InChI=1S/C25H25F2N5O3/c1-16-2-5-18(6-3-16)28-25(33)32-9-8-21-19(15-32)23(35-22-7-4-17(26)14-20(22)27)30-24(29-21)31-10-12-34-13-11-31/h2-7,14H,8-13,15H2,1H3,(H,28,33). The molecule has 0 spiro atoms. The number of carbonyl (C=O) groups is 1. The molecule has 35 heavy (non-hydrogen) atoms. The number of nitrogens with one attached hydrogen (secondary N) is 1. The maximum absolute atomic E-state index is 14.4. The van der Waals surface area contributed by atoms with Crippen molar-refractivity contribution in [1.82, 2.24) is 14.9 Å². The third-order valence-electron chi connectivity index (χ3n) is 6.00. The fourth-order valence-corrected chi connectivity index (χ4v) is 4.04. The van der Waals surface area contributed by atoms with Crippen molar-refractivity contribution < 1.29 is 23.0 Å². The topological polar surface area (TPSA) is 79.8 Å². The van der Waals surface area contributed by atoms with Gasteiger partial charge in [-0.15, -0.1) is 0 Å². The van der Waals surface area contributed by atoms with E-state index in [2.05, 4.69) is 10.3 Å². The van der Waals surface area contributed by atoms with E-state index in [1.54, 1.807) is 4.90 Å². The summed E-state index contributed by atoms with van der Waals surface area (Å²) in [7, 11) is 0. The van der Waals surface area contributed by atoms with E-state index in [1.165, 1.54) is 6.07 Å². The smallest absolute Gasteiger partial charge is 0.322 e. The van der Waals surface area contributed by atoms with Crippen LogP contribution in [0.5, 0.6) is 11.6 Å². The Bertz CT molecular complexity index is 1230. The van der Waals surface area contributed by atoms with E-state index in [0.717, 1.165) is 23.4 Å². The zero-order valence-corrected chi connectivity index (χ0v) is 19.3. The van der Waals surface area contributed by atoms with E-state index >= 15 is 0 Å². The Kier molecular flexibility index (Phi) is 6.45. The Morgan fingerprint density at radius 3 is 2.57 bits per heavy atom. The van der Waals surface area contributed by atoms with Gasteiger partial charge in [-0.2, -0.15) is 4.98 Å². The van der Waals surface area contributed by atoms with Crippen molar-refractivity contribution in [1.29, 1.82) is 0 Å². The Hall–Kier alpha value is -3.79. The van der Waals surface area contributed by atoms with Crippen molar-refractivity contribution >= 4 is 17.7 Å². The molecule has 0 atom stereocenters. The molecule has 2 aliphatic heterocycles. The van der Waals surface area contributed by atoms with Crippen LogP contribution >= 0.6 is 0 Å². The SMILES string of the molecule is Cc1ccc(NC(=O)N2CCc3nc(N4CCOCC4)nc(Oc4ccc(F)cc4F)c3C2)cc1. The molecule has 1 fully saturated rings. The molecule has 1 saturated heterocycles. The van der Waals surface area contributed by atoms with Crippen LogP contribution in [-0.4, -0.2) is 53.7 Å². The lowest BCUT2D eigenvalue weighted by molar-refractivity contribution is 0.122. The molecule has 3 aromatic rings. The molecular weight excluding hydrogens is 456 g/mol. The van der Waals surface area contributed by atoms with Crippen molar-refractivity contribution in [3.63, 3.8) is 0 Å². The Labute approximate surface area is 201 Å². The number of rotatable bonds is 4. The van der Waals surface area contributed by atoms with Gasteiger partial charge in [-0.05, 0) is 31.2 Å². The fraction of sp³-hybridized carbons (Fsp3) is 0.320. The van der Waals surface area contributed by atoms with Crippen LogP contribution in [0.1, 0.15) is 16.8 Å². The van der Waals surface area contributed by atoms with Gasteiger partial charge in [0.2, 0.25) is 11.8 Å². The highest BCUT2D eigenvalue weighted by atomic mass is 19.1. The summed E-state index contributed by atoms with van der Waals surface area (Å²) in [6.45, 7) is 4.96. The molecular formula is C25H25F2N5O3. The van der Waals surface area contributed by atoms with Gasteiger partial charge in [-0.25, -0.2) is 18.6 Å². The van der Waals surface area contributed by atoms with Gasteiger partial charge in [0.15, 0.2) is 11.6 Å². The van der Waals surface area contributed by atoms with Crippen LogP contribution in [0.4, 0.5) is 25.2 Å². The molecule has 8 nitrogen and oxygen atoms in total. The number of morpholine rings is 1. The summed E-state index contributed by atoms with van der Waals surface area (Å²) >= 11 is 0. The van der Waals surface area contributed by atoms with Gasteiger partial charge in [-0.3, -0.25) is 0 Å². The molecule has 0 bridgehead atoms. The molecule has 10 heteroatoms. The highest BCUT2D eigenvalue weighted by Gasteiger charge is 2.28. The molecule has 0 aliphatic carbocycles. The van der Waals surface area contributed by atoms with Gasteiger partial charge in [0.1, 0.15) is 5.82 Å². The summed E-state index contributed by atoms with van der Waals surface area (Å²) in [4.78, 5) is 25.9. The Morgan fingerprint density at radius 2 is 1.83 bits per heavy atom. The van der Waals surface area contributed by atoms with Crippen LogP contribution in [-0.2, 0) is 17.7 Å². The van der Waals surface area contributed by atoms with E-state index in [9.17, 15) is 13.6 Å². The van der Waals surface area contributed by atoms with Crippen molar-refractivity contribution in [2.75, 3.05) is 43.1 Å². The number of hydrogen-bond acceptors (Lipinski definition) is 6. The van der Waals surface area contributed by atoms with Crippen molar-refractivity contribution in [2.24, 2.45) is 0 Å². The lowest BCUT2D eigenvalue weighted by Gasteiger charge is -2.32. The first-order valence-corrected chi connectivity index (χ1v) is 11.4. The van der Waals surface area contributed by atoms with Crippen molar-refractivity contribution in [3.05, 3.63) is 70.9 Å². The largest absolute Gasteiger partial charge is 0.435 e. The number of urea groups is 1. The van der Waals surface area contributed by atoms with Gasteiger partial charge in [-0.1, -0.05) is 17.7 Å². The molecule has 3 heterocycles. The molecule has 182 valence electrons. The molecule has 2 amide bonds. The first-order valence-electron chi connectivity index (χ1n) is 11.4. The molecule has 0 radical (unpaired) electrons. The summed E-state index contributed by atoms with van der Waals surface area (Å²) < 4.78 is 39.1. The molecule has 2 aromatic carbocycles. The number of carbonyl (C=O) groups excluding carboxylic acids is 1. The monoisotopic (exact) mass is 481 g/mol. The zero-order valence-electron chi connectivity index (χ0n) is 19.3. The summed E-state index contributed by atoms with van der Waals surface area (Å²) in [6.07, 6.45) is 0.485. The maximum atomic E-state index is 14.4. The van der Waals surface area contributed by atoms with Gasteiger partial charge in [0.25, 0.3) is 0 Å². The molecule has 1 aromatic heterocycles. The van der Waals surface area contributed by atoms with E-state index in [1.807, 2.05) is 36.1 Å². The van der Waals surface area contributed by atoms with E-state index in [0.29, 0.717) is 56.5 Å². The average molecular weight is 482 g/mol. The number of aromatic nitrogens is 2. The van der Waals surface area contributed by atoms with Crippen LogP contribution in [0.25, 0.3) is 0 Å². The number of halogens is 2. The predicted octanol–water partition coefficient (Wildman–Crippen LogP) is 4.28. The van der Waals surface area contributed by atoms with Crippen LogP contribution in [0.15, 0.2) is 42.5 Å². The third kappa shape index (κ3) is 5.17. The number of ether oxygens (including phenoxy) is 2. The van der Waals surface area contributed by atoms with Crippen LogP contribution in [0, 0.1) is 18.6 Å². The number of nitrogens with zero attached hydrogens (tertiary/aromatic N) is 4. The fourth-order valence-electron chi connectivity index (χ4n) is 4.04. The second kappa shape index (κ2) is 9.83. The van der Waals surface area contributed by atoms with Crippen LogP contribution in [0.2, 0.25) is 0 Å². The summed E-state index contributed by atoms with van der Waals surface area (Å²) in [5, 5.41) is 2.90. The maximum Gasteiger partial charge on any atom is 0.322 e. The van der Waals surface area contributed by atoms with Crippen molar-refractivity contribution in [2.45, 2.75) is 19.9 Å². The van der Waals surface area contributed by atoms with Gasteiger partial charge >= 0.3 is 6.03 Å². The highest BCUT2D eigenvalue weighted by Crippen LogP contribution is 2.33. The number of aryl methyl sites for hydroxylation is 1. The molecule has 0 unspecified atom stereocenters. The van der Waals surface area contributed by atoms with E-state index in [4.69, 9.17) is 14.5 Å². The zero-order chi connectivity index (χ0) is 24.4. The van der Waals surface area contributed by atoms with Crippen LogP contribution < -0.4 is 15.0 Å². The van der Waals surface area contributed by atoms with Crippen LogP contribution in [0.3, 0.4) is 0 Å². The molecule has 0 saturated carbocycles. The third-order valence-corrected chi connectivity index (χ3v) is 6.00. The highest BCUT2D eigenvalue weighted by molar-refractivity contribution is 5.89. The van der Waals surface area contributed by atoms with E-state index in [-0.39, 0.29) is 24.2 Å². The average Bonchev–Trinajstić information content (AvgIpc) is 2.87. The Morgan fingerprint density at radius 1 is 1.06 bits per heavy atom. The number of fused-ring (bicyclic) bond motifs is 1. The second-order valence-corrected chi connectivity index (χ2v) is 8.50. The quantitative estimate of drug-likeness (QED) is 0.599. The lowest BCUT2D eigenvalue weighted by atomic mass is 10.1. The first-order chi connectivity index (χ1) is 17.0. The molecule has 2 aliphatic rings.